The van der Waals surface area contributed by atoms with Crippen LogP contribution in [0.2, 0.25) is 0 Å². The summed E-state index contributed by atoms with van der Waals surface area (Å²) in [5.41, 5.74) is 7.52. The normalized spacial score (nSPS) is 15.2. The Balaban J connectivity index is 0.00000169. The molecule has 1 aliphatic carbocycles. The molecular formula is C16H17ClN6O. The van der Waals surface area contributed by atoms with Crippen LogP contribution in [0.3, 0.4) is 0 Å². The van der Waals surface area contributed by atoms with E-state index in [0.717, 1.165) is 30.5 Å². The Kier molecular flexibility index (Phi) is 4.46. The fourth-order valence-electron chi connectivity index (χ4n) is 2.57. The van der Waals surface area contributed by atoms with Gasteiger partial charge in [-0.15, -0.1) is 12.4 Å². The van der Waals surface area contributed by atoms with Crippen molar-refractivity contribution in [1.82, 2.24) is 20.1 Å². The average molecular weight is 345 g/mol. The Morgan fingerprint density at radius 3 is 2.79 bits per heavy atom. The van der Waals surface area contributed by atoms with Gasteiger partial charge < -0.3 is 15.6 Å². The monoisotopic (exact) mass is 344 g/mol. The molecule has 8 heteroatoms. The summed E-state index contributed by atoms with van der Waals surface area (Å²) in [4.78, 5) is 12.7. The molecule has 2 heterocycles. The molecular weight excluding hydrogens is 328 g/mol. The van der Waals surface area contributed by atoms with Gasteiger partial charge in [0.2, 0.25) is 0 Å². The average Bonchev–Trinajstić information content (AvgIpc) is 3.04. The summed E-state index contributed by atoms with van der Waals surface area (Å²) < 4.78 is 5.38. The Bertz CT molecular complexity index is 818. The number of aromatic nitrogens is 4. The predicted molar refractivity (Wildman–Crippen MR) is 92.0 cm³/mol. The molecule has 7 nitrogen and oxygen atoms in total. The van der Waals surface area contributed by atoms with Crippen molar-refractivity contribution in [2.24, 2.45) is 5.73 Å². The third kappa shape index (κ3) is 3.08. The molecule has 0 aliphatic heterocycles. The summed E-state index contributed by atoms with van der Waals surface area (Å²) in [5, 5.41) is 7.23. The van der Waals surface area contributed by atoms with E-state index in [4.69, 9.17) is 10.3 Å². The minimum atomic E-state index is -0.419. The highest BCUT2D eigenvalue weighted by Crippen LogP contribution is 2.37. The van der Waals surface area contributed by atoms with Gasteiger partial charge in [-0.25, -0.2) is 4.98 Å². The van der Waals surface area contributed by atoms with E-state index in [0.29, 0.717) is 17.5 Å². The second-order valence-corrected chi connectivity index (χ2v) is 5.73. The van der Waals surface area contributed by atoms with Crippen LogP contribution in [0.5, 0.6) is 0 Å². The largest absolute Gasteiger partial charge is 0.339 e. The molecule has 0 unspecified atom stereocenters. The van der Waals surface area contributed by atoms with E-state index < -0.39 is 5.54 Å². The van der Waals surface area contributed by atoms with Crippen LogP contribution in [0.4, 0.5) is 11.5 Å². The molecule has 0 radical (unpaired) electrons. The highest BCUT2D eigenvalue weighted by molar-refractivity contribution is 5.85. The highest BCUT2D eigenvalue weighted by Gasteiger charge is 2.39. The fraction of sp³-hybridized carbons (Fsp3) is 0.250. The lowest BCUT2D eigenvalue weighted by molar-refractivity contribution is 0.229. The van der Waals surface area contributed by atoms with E-state index in [2.05, 4.69) is 25.4 Å². The predicted octanol–water partition coefficient (Wildman–Crippen LogP) is 3.03. The zero-order valence-electron chi connectivity index (χ0n) is 12.8. The summed E-state index contributed by atoms with van der Waals surface area (Å²) in [7, 11) is 0. The van der Waals surface area contributed by atoms with E-state index >= 15 is 0 Å². The van der Waals surface area contributed by atoms with Gasteiger partial charge in [-0.2, -0.15) is 4.98 Å². The summed E-state index contributed by atoms with van der Waals surface area (Å²) >= 11 is 0. The Hall–Kier alpha value is -2.51. The van der Waals surface area contributed by atoms with Gasteiger partial charge in [0.25, 0.3) is 5.89 Å². The van der Waals surface area contributed by atoms with Gasteiger partial charge in [-0.1, -0.05) is 11.2 Å². The summed E-state index contributed by atoms with van der Waals surface area (Å²) in [6.07, 6.45) is 7.84. The quantitative estimate of drug-likeness (QED) is 0.749. The molecule has 124 valence electrons. The van der Waals surface area contributed by atoms with Gasteiger partial charge in [0, 0.05) is 23.6 Å². The topological polar surface area (TPSA) is 103 Å². The van der Waals surface area contributed by atoms with Crippen LogP contribution >= 0.6 is 12.4 Å². The van der Waals surface area contributed by atoms with E-state index in [9.17, 15) is 0 Å². The van der Waals surface area contributed by atoms with Crippen molar-refractivity contribution >= 4 is 23.9 Å². The number of nitrogens with zero attached hydrogens (tertiary/aromatic N) is 4. The van der Waals surface area contributed by atoms with Crippen LogP contribution in [-0.4, -0.2) is 20.1 Å². The fourth-order valence-corrected chi connectivity index (χ4v) is 2.57. The number of rotatable bonds is 4. The molecule has 3 N–H and O–H groups in total. The van der Waals surface area contributed by atoms with Crippen molar-refractivity contribution in [1.29, 1.82) is 0 Å². The SMILES string of the molecule is Cl.NC1(c2noc(-c3cccc(Nc4cnccn4)c3)n2)CCC1. The van der Waals surface area contributed by atoms with Crippen molar-refractivity contribution < 1.29 is 4.52 Å². The maximum atomic E-state index is 6.24. The second-order valence-electron chi connectivity index (χ2n) is 5.73. The number of nitrogens with two attached hydrogens (primary N) is 1. The van der Waals surface area contributed by atoms with Crippen LogP contribution in [0.15, 0.2) is 47.4 Å². The molecule has 1 aromatic carbocycles. The molecule has 1 saturated carbocycles. The molecule has 0 bridgehead atoms. The van der Waals surface area contributed by atoms with Crippen molar-refractivity contribution in [3.63, 3.8) is 0 Å². The maximum absolute atomic E-state index is 6.24. The molecule has 0 atom stereocenters. The van der Waals surface area contributed by atoms with Gasteiger partial charge in [0.1, 0.15) is 5.82 Å². The van der Waals surface area contributed by atoms with Crippen molar-refractivity contribution in [2.45, 2.75) is 24.8 Å². The summed E-state index contributed by atoms with van der Waals surface area (Å²) in [6, 6.07) is 7.70. The number of nitrogens with one attached hydrogen (secondary N) is 1. The number of anilines is 2. The third-order valence-corrected chi connectivity index (χ3v) is 4.06. The Morgan fingerprint density at radius 2 is 2.08 bits per heavy atom. The maximum Gasteiger partial charge on any atom is 0.258 e. The minimum Gasteiger partial charge on any atom is -0.339 e. The number of hydrogen-bond acceptors (Lipinski definition) is 7. The first kappa shape index (κ1) is 16.4. The molecule has 4 rings (SSSR count). The minimum absolute atomic E-state index is 0. The molecule has 1 fully saturated rings. The first-order valence-corrected chi connectivity index (χ1v) is 7.49. The number of benzene rings is 1. The summed E-state index contributed by atoms with van der Waals surface area (Å²) in [5.74, 6) is 1.73. The van der Waals surface area contributed by atoms with Crippen LogP contribution in [-0.2, 0) is 5.54 Å². The van der Waals surface area contributed by atoms with Crippen molar-refractivity contribution in [3.8, 4) is 11.5 Å². The number of halogens is 1. The van der Waals surface area contributed by atoms with E-state index in [-0.39, 0.29) is 12.4 Å². The molecule has 2 aromatic heterocycles. The van der Waals surface area contributed by atoms with Gasteiger partial charge in [0.05, 0.1) is 11.7 Å². The molecule has 0 saturated heterocycles. The molecule has 24 heavy (non-hydrogen) atoms. The summed E-state index contributed by atoms with van der Waals surface area (Å²) in [6.45, 7) is 0. The lowest BCUT2D eigenvalue weighted by Crippen LogP contribution is -2.44. The van der Waals surface area contributed by atoms with Gasteiger partial charge in [-0.05, 0) is 37.5 Å². The first-order chi connectivity index (χ1) is 11.2. The third-order valence-electron chi connectivity index (χ3n) is 4.06. The smallest absolute Gasteiger partial charge is 0.258 e. The van der Waals surface area contributed by atoms with Gasteiger partial charge in [0.15, 0.2) is 5.82 Å². The van der Waals surface area contributed by atoms with Crippen molar-refractivity contribution in [2.75, 3.05) is 5.32 Å². The van der Waals surface area contributed by atoms with Crippen LogP contribution in [0.25, 0.3) is 11.5 Å². The second kappa shape index (κ2) is 6.54. The standard InChI is InChI=1S/C16H16N6O.ClH/c17-16(5-2-6-16)15-21-14(23-22-15)11-3-1-4-12(9-11)20-13-10-18-7-8-19-13;/h1,3-4,7-10H,2,5-6,17H2,(H,19,20);1H. The Morgan fingerprint density at radius 1 is 1.21 bits per heavy atom. The van der Waals surface area contributed by atoms with Gasteiger partial charge >= 0.3 is 0 Å². The van der Waals surface area contributed by atoms with Crippen LogP contribution in [0, 0.1) is 0 Å². The number of hydrogen-bond donors (Lipinski definition) is 2. The Labute approximate surface area is 145 Å². The van der Waals surface area contributed by atoms with E-state index in [1.807, 2.05) is 24.3 Å². The van der Waals surface area contributed by atoms with Crippen LogP contribution < -0.4 is 11.1 Å². The molecule has 0 amide bonds. The van der Waals surface area contributed by atoms with Crippen LogP contribution in [0.1, 0.15) is 25.1 Å². The van der Waals surface area contributed by atoms with Crippen molar-refractivity contribution in [3.05, 3.63) is 48.7 Å². The highest BCUT2D eigenvalue weighted by atomic mass is 35.5. The zero-order chi connectivity index (χ0) is 15.7. The first-order valence-electron chi connectivity index (χ1n) is 7.49. The lowest BCUT2D eigenvalue weighted by atomic mass is 9.77. The molecule has 3 aromatic rings. The van der Waals surface area contributed by atoms with E-state index in [1.54, 1.807) is 18.6 Å². The lowest BCUT2D eigenvalue weighted by Gasteiger charge is -2.34. The molecule has 0 spiro atoms. The molecule has 1 aliphatic rings. The zero-order valence-corrected chi connectivity index (χ0v) is 13.7. The van der Waals surface area contributed by atoms with E-state index in [1.165, 1.54) is 0 Å². The van der Waals surface area contributed by atoms with Gasteiger partial charge in [-0.3, -0.25) is 4.98 Å².